The van der Waals surface area contributed by atoms with E-state index in [0.717, 1.165) is 18.8 Å². The van der Waals surface area contributed by atoms with E-state index in [2.05, 4.69) is 24.0 Å². The third-order valence-corrected chi connectivity index (χ3v) is 3.38. The van der Waals surface area contributed by atoms with Crippen LogP contribution in [0.1, 0.15) is 39.0 Å². The first-order valence-electron chi connectivity index (χ1n) is 7.53. The molecular formula is C18H23NO. The van der Waals surface area contributed by atoms with Crippen LogP contribution < -0.4 is 4.74 Å². The molecule has 0 aliphatic heterocycles. The SMILES string of the molecule is CCCCCCCOc1ccc(-c2ccncc2)cc1. The maximum atomic E-state index is 5.76. The Morgan fingerprint density at radius 2 is 1.45 bits per heavy atom. The normalized spacial score (nSPS) is 10.4. The van der Waals surface area contributed by atoms with E-state index in [-0.39, 0.29) is 0 Å². The van der Waals surface area contributed by atoms with Crippen molar-refractivity contribution in [2.75, 3.05) is 6.61 Å². The van der Waals surface area contributed by atoms with E-state index in [4.69, 9.17) is 4.74 Å². The van der Waals surface area contributed by atoms with Gasteiger partial charge in [-0.2, -0.15) is 0 Å². The summed E-state index contributed by atoms with van der Waals surface area (Å²) in [4.78, 5) is 4.03. The molecular weight excluding hydrogens is 246 g/mol. The number of hydrogen-bond donors (Lipinski definition) is 0. The third kappa shape index (κ3) is 4.69. The molecule has 0 saturated heterocycles. The van der Waals surface area contributed by atoms with Crippen molar-refractivity contribution in [1.82, 2.24) is 4.98 Å². The Balaban J connectivity index is 1.77. The fourth-order valence-corrected chi connectivity index (χ4v) is 2.18. The molecule has 0 saturated carbocycles. The number of nitrogens with zero attached hydrogens (tertiary/aromatic N) is 1. The number of unbranched alkanes of at least 4 members (excludes halogenated alkanes) is 4. The summed E-state index contributed by atoms with van der Waals surface area (Å²) >= 11 is 0. The Hall–Kier alpha value is -1.83. The second kappa shape index (κ2) is 8.36. The van der Waals surface area contributed by atoms with Gasteiger partial charge in [0.25, 0.3) is 0 Å². The maximum absolute atomic E-state index is 5.76. The minimum atomic E-state index is 0.818. The van der Waals surface area contributed by atoms with Crippen molar-refractivity contribution in [2.45, 2.75) is 39.0 Å². The highest BCUT2D eigenvalue weighted by molar-refractivity contribution is 5.63. The van der Waals surface area contributed by atoms with Crippen molar-refractivity contribution < 1.29 is 4.74 Å². The molecule has 2 rings (SSSR count). The van der Waals surface area contributed by atoms with Crippen molar-refractivity contribution in [3.8, 4) is 16.9 Å². The van der Waals surface area contributed by atoms with Crippen LogP contribution in [0.4, 0.5) is 0 Å². The molecule has 0 aliphatic carbocycles. The van der Waals surface area contributed by atoms with E-state index in [1.807, 2.05) is 36.7 Å². The minimum Gasteiger partial charge on any atom is -0.494 e. The fourth-order valence-electron chi connectivity index (χ4n) is 2.18. The van der Waals surface area contributed by atoms with E-state index < -0.39 is 0 Å². The van der Waals surface area contributed by atoms with Gasteiger partial charge in [-0.05, 0) is 41.8 Å². The molecule has 0 aliphatic rings. The fraction of sp³-hybridized carbons (Fsp3) is 0.389. The van der Waals surface area contributed by atoms with Crippen LogP contribution in [0.5, 0.6) is 5.75 Å². The average molecular weight is 269 g/mol. The largest absolute Gasteiger partial charge is 0.494 e. The van der Waals surface area contributed by atoms with Crippen LogP contribution >= 0.6 is 0 Å². The quantitative estimate of drug-likeness (QED) is 0.622. The molecule has 20 heavy (non-hydrogen) atoms. The summed E-state index contributed by atoms with van der Waals surface area (Å²) < 4.78 is 5.76. The summed E-state index contributed by atoms with van der Waals surface area (Å²) in [6, 6.07) is 12.3. The van der Waals surface area contributed by atoms with Gasteiger partial charge in [-0.1, -0.05) is 44.7 Å². The Kier molecular flexibility index (Phi) is 6.09. The average Bonchev–Trinajstić information content (AvgIpc) is 2.52. The maximum Gasteiger partial charge on any atom is 0.119 e. The van der Waals surface area contributed by atoms with Crippen LogP contribution in [-0.2, 0) is 0 Å². The molecule has 1 aromatic heterocycles. The second-order valence-corrected chi connectivity index (χ2v) is 5.02. The van der Waals surface area contributed by atoms with Gasteiger partial charge in [0.05, 0.1) is 6.61 Å². The first-order valence-corrected chi connectivity index (χ1v) is 7.53. The van der Waals surface area contributed by atoms with E-state index in [1.165, 1.54) is 36.8 Å². The summed E-state index contributed by atoms with van der Waals surface area (Å²) in [5.74, 6) is 0.957. The number of aromatic nitrogens is 1. The summed E-state index contributed by atoms with van der Waals surface area (Å²) in [7, 11) is 0. The molecule has 106 valence electrons. The van der Waals surface area contributed by atoms with Gasteiger partial charge < -0.3 is 4.74 Å². The topological polar surface area (TPSA) is 22.1 Å². The molecule has 0 spiro atoms. The molecule has 0 radical (unpaired) electrons. The zero-order chi connectivity index (χ0) is 14.0. The molecule has 0 amide bonds. The number of pyridine rings is 1. The van der Waals surface area contributed by atoms with Crippen LogP contribution in [0.2, 0.25) is 0 Å². The first-order chi connectivity index (χ1) is 9.90. The Bertz CT molecular complexity index is 479. The summed E-state index contributed by atoms with van der Waals surface area (Å²) in [6.45, 7) is 3.05. The lowest BCUT2D eigenvalue weighted by molar-refractivity contribution is 0.304. The van der Waals surface area contributed by atoms with Gasteiger partial charge in [-0.3, -0.25) is 4.98 Å². The van der Waals surface area contributed by atoms with Crippen LogP contribution in [0, 0.1) is 0 Å². The molecule has 2 nitrogen and oxygen atoms in total. The summed E-state index contributed by atoms with van der Waals surface area (Å²) in [6.07, 6.45) is 9.99. The van der Waals surface area contributed by atoms with Gasteiger partial charge >= 0.3 is 0 Å². The van der Waals surface area contributed by atoms with Gasteiger partial charge in [-0.25, -0.2) is 0 Å². The molecule has 0 N–H and O–H groups in total. The van der Waals surface area contributed by atoms with Crippen molar-refractivity contribution in [1.29, 1.82) is 0 Å². The lowest BCUT2D eigenvalue weighted by atomic mass is 10.1. The van der Waals surface area contributed by atoms with E-state index in [0.29, 0.717) is 0 Å². The number of rotatable bonds is 8. The van der Waals surface area contributed by atoms with E-state index in [1.54, 1.807) is 0 Å². The highest BCUT2D eigenvalue weighted by atomic mass is 16.5. The summed E-state index contributed by atoms with van der Waals surface area (Å²) in [5.41, 5.74) is 2.38. The molecule has 1 heterocycles. The van der Waals surface area contributed by atoms with Crippen molar-refractivity contribution >= 4 is 0 Å². The van der Waals surface area contributed by atoms with Gasteiger partial charge in [-0.15, -0.1) is 0 Å². The highest BCUT2D eigenvalue weighted by Crippen LogP contribution is 2.21. The van der Waals surface area contributed by atoms with Crippen LogP contribution in [0.15, 0.2) is 48.8 Å². The third-order valence-electron chi connectivity index (χ3n) is 3.38. The van der Waals surface area contributed by atoms with Crippen molar-refractivity contribution in [3.63, 3.8) is 0 Å². The van der Waals surface area contributed by atoms with Gasteiger partial charge in [0.1, 0.15) is 5.75 Å². The minimum absolute atomic E-state index is 0.818. The Labute approximate surface area is 121 Å². The van der Waals surface area contributed by atoms with E-state index in [9.17, 15) is 0 Å². The lowest BCUT2D eigenvalue weighted by Crippen LogP contribution is -1.97. The van der Waals surface area contributed by atoms with Gasteiger partial charge in [0, 0.05) is 12.4 Å². The van der Waals surface area contributed by atoms with Gasteiger partial charge in [0.15, 0.2) is 0 Å². The van der Waals surface area contributed by atoms with Crippen LogP contribution in [0.25, 0.3) is 11.1 Å². The molecule has 0 bridgehead atoms. The van der Waals surface area contributed by atoms with E-state index >= 15 is 0 Å². The van der Waals surface area contributed by atoms with Crippen LogP contribution in [-0.4, -0.2) is 11.6 Å². The predicted molar refractivity (Wildman–Crippen MR) is 83.9 cm³/mol. The second-order valence-electron chi connectivity index (χ2n) is 5.02. The molecule has 0 fully saturated rings. The predicted octanol–water partition coefficient (Wildman–Crippen LogP) is 5.10. The molecule has 0 atom stereocenters. The lowest BCUT2D eigenvalue weighted by Gasteiger charge is -2.07. The highest BCUT2D eigenvalue weighted by Gasteiger charge is 1.98. The zero-order valence-electron chi connectivity index (χ0n) is 12.2. The van der Waals surface area contributed by atoms with Crippen LogP contribution in [0.3, 0.4) is 0 Å². The molecule has 2 heteroatoms. The first kappa shape index (κ1) is 14.6. The number of hydrogen-bond acceptors (Lipinski definition) is 2. The zero-order valence-corrected chi connectivity index (χ0v) is 12.2. The van der Waals surface area contributed by atoms with Crippen molar-refractivity contribution in [2.24, 2.45) is 0 Å². The smallest absolute Gasteiger partial charge is 0.119 e. The standard InChI is InChI=1S/C18H23NO/c1-2-3-4-5-6-15-20-18-9-7-16(8-10-18)17-11-13-19-14-12-17/h7-14H,2-6,15H2,1H3. The van der Waals surface area contributed by atoms with Gasteiger partial charge in [0.2, 0.25) is 0 Å². The molecule has 0 unspecified atom stereocenters. The molecule has 2 aromatic rings. The van der Waals surface area contributed by atoms with Crippen molar-refractivity contribution in [3.05, 3.63) is 48.8 Å². The number of benzene rings is 1. The Morgan fingerprint density at radius 1 is 0.800 bits per heavy atom. The molecule has 1 aromatic carbocycles. The summed E-state index contributed by atoms with van der Waals surface area (Å²) in [5, 5.41) is 0. The Morgan fingerprint density at radius 3 is 2.15 bits per heavy atom. The monoisotopic (exact) mass is 269 g/mol. The number of ether oxygens (including phenoxy) is 1.